The lowest BCUT2D eigenvalue weighted by atomic mass is 10.3. The average molecular weight is 236 g/mol. The van der Waals surface area contributed by atoms with Gasteiger partial charge in [0, 0.05) is 23.8 Å². The maximum absolute atomic E-state index is 6.04. The molecule has 2 aromatic heterocycles. The van der Waals surface area contributed by atoms with Crippen molar-refractivity contribution in [2.75, 3.05) is 13.1 Å². The fourth-order valence-corrected chi connectivity index (χ4v) is 2.56. The Labute approximate surface area is 99.4 Å². The van der Waals surface area contributed by atoms with E-state index in [2.05, 4.69) is 20.9 Å². The molecule has 0 aliphatic carbocycles. The topological polar surface area (TPSA) is 31.9 Å². The van der Waals surface area contributed by atoms with Crippen LogP contribution in [0.5, 0.6) is 0 Å². The molecule has 0 radical (unpaired) electrons. The molecule has 1 fully saturated rings. The van der Waals surface area contributed by atoms with Crippen LogP contribution in [0.25, 0.3) is 10.9 Å². The molecule has 1 saturated heterocycles. The molecular weight excluding hydrogens is 222 g/mol. The van der Waals surface area contributed by atoms with Gasteiger partial charge in [0.25, 0.3) is 0 Å². The van der Waals surface area contributed by atoms with Crippen LogP contribution in [0.15, 0.2) is 18.3 Å². The van der Waals surface area contributed by atoms with Crippen LogP contribution >= 0.6 is 11.6 Å². The number of nitrogens with one attached hydrogen (secondary N) is 1. The molecule has 16 heavy (non-hydrogen) atoms. The molecule has 3 heterocycles. The van der Waals surface area contributed by atoms with Gasteiger partial charge in [0.1, 0.15) is 5.15 Å². The standard InChI is InChI=1S/C12H14ClN3/c13-12-10-7-9(8-16-5-1-2-6-16)15-11(10)3-4-14-12/h3-4,7,15H,1-2,5-6,8H2. The van der Waals surface area contributed by atoms with Gasteiger partial charge < -0.3 is 4.98 Å². The Morgan fingerprint density at radius 3 is 2.94 bits per heavy atom. The summed E-state index contributed by atoms with van der Waals surface area (Å²) in [4.78, 5) is 9.95. The zero-order valence-corrected chi connectivity index (χ0v) is 9.80. The molecule has 0 atom stereocenters. The summed E-state index contributed by atoms with van der Waals surface area (Å²) in [6.45, 7) is 3.41. The summed E-state index contributed by atoms with van der Waals surface area (Å²) >= 11 is 6.04. The van der Waals surface area contributed by atoms with Crippen molar-refractivity contribution in [2.45, 2.75) is 19.4 Å². The molecule has 0 amide bonds. The van der Waals surface area contributed by atoms with Gasteiger partial charge in [0.15, 0.2) is 0 Å². The zero-order valence-electron chi connectivity index (χ0n) is 9.04. The first kappa shape index (κ1) is 10.1. The second-order valence-corrected chi connectivity index (χ2v) is 4.70. The molecule has 2 aromatic rings. The quantitative estimate of drug-likeness (QED) is 0.812. The molecule has 0 bridgehead atoms. The Hall–Kier alpha value is -1.06. The summed E-state index contributed by atoms with van der Waals surface area (Å²) in [5.74, 6) is 0. The lowest BCUT2D eigenvalue weighted by Gasteiger charge is -2.12. The monoisotopic (exact) mass is 235 g/mol. The molecule has 1 N–H and O–H groups in total. The first-order valence-corrected chi connectivity index (χ1v) is 6.05. The molecule has 4 heteroatoms. The summed E-state index contributed by atoms with van der Waals surface area (Å²) in [5, 5.41) is 1.61. The summed E-state index contributed by atoms with van der Waals surface area (Å²) < 4.78 is 0. The number of likely N-dealkylation sites (tertiary alicyclic amines) is 1. The van der Waals surface area contributed by atoms with E-state index in [0.717, 1.165) is 17.4 Å². The van der Waals surface area contributed by atoms with Gasteiger partial charge in [-0.05, 0) is 38.1 Å². The van der Waals surface area contributed by atoms with E-state index >= 15 is 0 Å². The van der Waals surface area contributed by atoms with E-state index in [9.17, 15) is 0 Å². The van der Waals surface area contributed by atoms with E-state index < -0.39 is 0 Å². The largest absolute Gasteiger partial charge is 0.357 e. The molecule has 1 aliphatic rings. The van der Waals surface area contributed by atoms with Gasteiger partial charge in [-0.15, -0.1) is 0 Å². The number of rotatable bonds is 2. The Morgan fingerprint density at radius 1 is 1.38 bits per heavy atom. The molecule has 0 aromatic carbocycles. The van der Waals surface area contributed by atoms with Crippen LogP contribution in [0.1, 0.15) is 18.5 Å². The normalized spacial score (nSPS) is 17.3. The van der Waals surface area contributed by atoms with Crippen molar-refractivity contribution in [3.05, 3.63) is 29.2 Å². The van der Waals surface area contributed by atoms with E-state index in [-0.39, 0.29) is 0 Å². The number of fused-ring (bicyclic) bond motifs is 1. The number of hydrogen-bond donors (Lipinski definition) is 1. The third kappa shape index (κ3) is 1.81. The van der Waals surface area contributed by atoms with Crippen LogP contribution in [-0.2, 0) is 6.54 Å². The fraction of sp³-hybridized carbons (Fsp3) is 0.417. The highest BCUT2D eigenvalue weighted by atomic mass is 35.5. The van der Waals surface area contributed by atoms with E-state index in [1.807, 2.05) is 6.07 Å². The van der Waals surface area contributed by atoms with Crippen molar-refractivity contribution in [3.8, 4) is 0 Å². The maximum atomic E-state index is 6.04. The second kappa shape index (κ2) is 4.07. The van der Waals surface area contributed by atoms with Crippen LogP contribution in [0.3, 0.4) is 0 Å². The molecule has 3 nitrogen and oxygen atoms in total. The van der Waals surface area contributed by atoms with Crippen molar-refractivity contribution in [1.82, 2.24) is 14.9 Å². The van der Waals surface area contributed by atoms with Gasteiger partial charge in [-0.3, -0.25) is 4.90 Å². The summed E-state index contributed by atoms with van der Waals surface area (Å²) in [6, 6.07) is 4.08. The Bertz CT molecular complexity index is 500. The van der Waals surface area contributed by atoms with Crippen LogP contribution in [0.2, 0.25) is 5.15 Å². The molecular formula is C12H14ClN3. The predicted molar refractivity (Wildman–Crippen MR) is 65.6 cm³/mol. The molecule has 0 spiro atoms. The molecule has 3 rings (SSSR count). The van der Waals surface area contributed by atoms with E-state index in [0.29, 0.717) is 5.15 Å². The van der Waals surface area contributed by atoms with Crippen LogP contribution < -0.4 is 0 Å². The number of nitrogens with zero attached hydrogens (tertiary/aromatic N) is 2. The molecule has 1 aliphatic heterocycles. The lowest BCUT2D eigenvalue weighted by Crippen LogP contribution is -2.18. The number of H-pyrrole nitrogens is 1. The van der Waals surface area contributed by atoms with Gasteiger partial charge in [-0.2, -0.15) is 0 Å². The van der Waals surface area contributed by atoms with Crippen LogP contribution in [-0.4, -0.2) is 28.0 Å². The Morgan fingerprint density at radius 2 is 2.19 bits per heavy atom. The number of aromatic nitrogens is 2. The number of pyridine rings is 1. The molecule has 84 valence electrons. The number of hydrogen-bond acceptors (Lipinski definition) is 2. The van der Waals surface area contributed by atoms with Crippen LogP contribution in [0, 0.1) is 0 Å². The van der Waals surface area contributed by atoms with Crippen molar-refractivity contribution in [3.63, 3.8) is 0 Å². The Kier molecular flexibility index (Phi) is 2.58. The highest BCUT2D eigenvalue weighted by Crippen LogP contribution is 2.23. The maximum Gasteiger partial charge on any atom is 0.138 e. The number of aromatic amines is 1. The minimum absolute atomic E-state index is 0.585. The molecule has 0 saturated carbocycles. The van der Waals surface area contributed by atoms with E-state index in [1.165, 1.54) is 31.6 Å². The van der Waals surface area contributed by atoms with E-state index in [1.54, 1.807) is 6.20 Å². The summed E-state index contributed by atoms with van der Waals surface area (Å²) in [5.41, 5.74) is 2.31. The molecule has 0 unspecified atom stereocenters. The third-order valence-corrected chi connectivity index (χ3v) is 3.45. The first-order chi connectivity index (χ1) is 7.83. The summed E-state index contributed by atoms with van der Waals surface area (Å²) in [6.07, 6.45) is 4.38. The smallest absolute Gasteiger partial charge is 0.138 e. The number of halogens is 1. The first-order valence-electron chi connectivity index (χ1n) is 5.67. The van der Waals surface area contributed by atoms with Gasteiger partial charge in [0.2, 0.25) is 0 Å². The zero-order chi connectivity index (χ0) is 11.0. The van der Waals surface area contributed by atoms with Crippen molar-refractivity contribution in [2.24, 2.45) is 0 Å². The van der Waals surface area contributed by atoms with Crippen molar-refractivity contribution in [1.29, 1.82) is 0 Å². The minimum atomic E-state index is 0.585. The highest BCUT2D eigenvalue weighted by molar-refractivity contribution is 6.34. The highest BCUT2D eigenvalue weighted by Gasteiger charge is 2.13. The summed E-state index contributed by atoms with van der Waals surface area (Å²) in [7, 11) is 0. The lowest BCUT2D eigenvalue weighted by molar-refractivity contribution is 0.328. The minimum Gasteiger partial charge on any atom is -0.357 e. The van der Waals surface area contributed by atoms with Gasteiger partial charge in [-0.1, -0.05) is 11.6 Å². The SMILES string of the molecule is Clc1nccc2[nH]c(CN3CCCC3)cc12. The predicted octanol–water partition coefficient (Wildman–Crippen LogP) is 2.81. The van der Waals surface area contributed by atoms with Crippen molar-refractivity contribution >= 4 is 22.5 Å². The van der Waals surface area contributed by atoms with Gasteiger partial charge in [-0.25, -0.2) is 4.98 Å². The average Bonchev–Trinajstić information content (AvgIpc) is 2.88. The van der Waals surface area contributed by atoms with Crippen molar-refractivity contribution < 1.29 is 0 Å². The Balaban J connectivity index is 1.90. The van der Waals surface area contributed by atoms with Crippen LogP contribution in [0.4, 0.5) is 0 Å². The van der Waals surface area contributed by atoms with Gasteiger partial charge >= 0.3 is 0 Å². The third-order valence-electron chi connectivity index (χ3n) is 3.15. The van der Waals surface area contributed by atoms with E-state index in [4.69, 9.17) is 11.6 Å². The van der Waals surface area contributed by atoms with Gasteiger partial charge in [0.05, 0.1) is 5.52 Å². The fourth-order valence-electron chi connectivity index (χ4n) is 2.34. The second-order valence-electron chi connectivity index (χ2n) is 4.34.